The van der Waals surface area contributed by atoms with E-state index in [0.717, 1.165) is 24.0 Å². The highest BCUT2D eigenvalue weighted by molar-refractivity contribution is 5.62. The zero-order chi connectivity index (χ0) is 10.6. The fourth-order valence-electron chi connectivity index (χ4n) is 1.44. The normalized spacial score (nSPS) is 9.86. The van der Waals surface area contributed by atoms with Crippen LogP contribution in [0.25, 0.3) is 0 Å². The Hall–Kier alpha value is -1.51. The van der Waals surface area contributed by atoms with Gasteiger partial charge in [0.1, 0.15) is 5.75 Å². The summed E-state index contributed by atoms with van der Waals surface area (Å²) in [5, 5.41) is 8.53. The van der Waals surface area contributed by atoms with Crippen molar-refractivity contribution in [3.63, 3.8) is 0 Å². The smallest absolute Gasteiger partial charge is 0.449 e. The SMILES string of the molecule is CCCc1c(C)cccc1OC(=O)O. The standard InChI is InChI=1S/C11H14O3/c1-3-5-9-8(2)6-4-7-10(9)14-11(12)13/h4,6-7H,3,5H2,1-2H3,(H,12,13). The fourth-order valence-corrected chi connectivity index (χ4v) is 1.44. The molecule has 0 aromatic heterocycles. The Kier molecular flexibility index (Phi) is 3.51. The van der Waals surface area contributed by atoms with Crippen LogP contribution in [0.2, 0.25) is 0 Å². The predicted octanol–water partition coefficient (Wildman–Crippen LogP) is 3.00. The van der Waals surface area contributed by atoms with Gasteiger partial charge in [0.15, 0.2) is 0 Å². The lowest BCUT2D eigenvalue weighted by molar-refractivity contribution is 0.144. The molecule has 0 heterocycles. The second-order valence-corrected chi connectivity index (χ2v) is 3.17. The summed E-state index contributed by atoms with van der Waals surface area (Å²) >= 11 is 0. The summed E-state index contributed by atoms with van der Waals surface area (Å²) in [7, 11) is 0. The second-order valence-electron chi connectivity index (χ2n) is 3.17. The maximum Gasteiger partial charge on any atom is 0.511 e. The average Bonchev–Trinajstić information content (AvgIpc) is 2.10. The molecule has 0 aliphatic carbocycles. The number of benzene rings is 1. The molecule has 0 atom stereocenters. The molecule has 0 aliphatic heterocycles. The molecule has 0 fully saturated rings. The predicted molar refractivity (Wildman–Crippen MR) is 53.8 cm³/mol. The summed E-state index contributed by atoms with van der Waals surface area (Å²) in [6.45, 7) is 4.01. The van der Waals surface area contributed by atoms with Crippen LogP contribution in [-0.4, -0.2) is 11.3 Å². The minimum Gasteiger partial charge on any atom is -0.449 e. The van der Waals surface area contributed by atoms with Crippen LogP contribution in [-0.2, 0) is 6.42 Å². The number of aryl methyl sites for hydroxylation is 1. The molecular weight excluding hydrogens is 180 g/mol. The van der Waals surface area contributed by atoms with Crippen molar-refractivity contribution in [2.45, 2.75) is 26.7 Å². The van der Waals surface area contributed by atoms with E-state index in [1.165, 1.54) is 0 Å². The van der Waals surface area contributed by atoms with Crippen molar-refractivity contribution in [2.24, 2.45) is 0 Å². The number of carbonyl (C=O) groups is 1. The molecule has 76 valence electrons. The zero-order valence-electron chi connectivity index (χ0n) is 8.41. The van der Waals surface area contributed by atoms with Gasteiger partial charge in [0.05, 0.1) is 0 Å². The third kappa shape index (κ3) is 2.49. The van der Waals surface area contributed by atoms with Crippen LogP contribution in [0.15, 0.2) is 18.2 Å². The van der Waals surface area contributed by atoms with Gasteiger partial charge in [-0.15, -0.1) is 0 Å². The van der Waals surface area contributed by atoms with Crippen molar-refractivity contribution in [3.8, 4) is 5.75 Å². The molecule has 0 amide bonds. The van der Waals surface area contributed by atoms with E-state index in [4.69, 9.17) is 9.84 Å². The van der Waals surface area contributed by atoms with Crippen LogP contribution >= 0.6 is 0 Å². The average molecular weight is 194 g/mol. The Morgan fingerprint density at radius 3 is 2.79 bits per heavy atom. The summed E-state index contributed by atoms with van der Waals surface area (Å²) in [5.41, 5.74) is 2.06. The zero-order valence-corrected chi connectivity index (χ0v) is 8.41. The van der Waals surface area contributed by atoms with Crippen LogP contribution in [0.3, 0.4) is 0 Å². The van der Waals surface area contributed by atoms with Crippen molar-refractivity contribution in [1.82, 2.24) is 0 Å². The highest BCUT2D eigenvalue weighted by Gasteiger charge is 2.08. The van der Waals surface area contributed by atoms with Gasteiger partial charge in [-0.2, -0.15) is 0 Å². The van der Waals surface area contributed by atoms with Crippen LogP contribution in [0.1, 0.15) is 24.5 Å². The van der Waals surface area contributed by atoms with Gasteiger partial charge in [-0.25, -0.2) is 4.79 Å². The minimum absolute atomic E-state index is 0.458. The number of hydrogen-bond donors (Lipinski definition) is 1. The topological polar surface area (TPSA) is 46.5 Å². The number of carboxylic acid groups (broad SMARTS) is 1. The summed E-state index contributed by atoms with van der Waals surface area (Å²) in [4.78, 5) is 10.4. The van der Waals surface area contributed by atoms with Crippen molar-refractivity contribution in [1.29, 1.82) is 0 Å². The Labute approximate surface area is 83.3 Å². The molecule has 1 aromatic rings. The monoisotopic (exact) mass is 194 g/mol. The lowest BCUT2D eigenvalue weighted by Crippen LogP contribution is -2.06. The van der Waals surface area contributed by atoms with Gasteiger partial charge in [0.25, 0.3) is 0 Å². The van der Waals surface area contributed by atoms with Gasteiger partial charge in [0, 0.05) is 0 Å². The van der Waals surface area contributed by atoms with Crippen LogP contribution in [0, 0.1) is 6.92 Å². The molecule has 1 aromatic carbocycles. The van der Waals surface area contributed by atoms with Gasteiger partial charge in [-0.1, -0.05) is 25.5 Å². The number of ether oxygens (including phenoxy) is 1. The maximum atomic E-state index is 10.4. The highest BCUT2D eigenvalue weighted by Crippen LogP contribution is 2.23. The third-order valence-electron chi connectivity index (χ3n) is 2.06. The van der Waals surface area contributed by atoms with Crippen LogP contribution in [0.4, 0.5) is 4.79 Å². The van der Waals surface area contributed by atoms with E-state index >= 15 is 0 Å². The largest absolute Gasteiger partial charge is 0.511 e. The first kappa shape index (κ1) is 10.6. The van der Waals surface area contributed by atoms with Crippen LogP contribution in [0.5, 0.6) is 5.75 Å². The molecular formula is C11H14O3. The fraction of sp³-hybridized carbons (Fsp3) is 0.364. The van der Waals surface area contributed by atoms with Crippen LogP contribution < -0.4 is 4.74 Å². The van der Waals surface area contributed by atoms with E-state index in [1.807, 2.05) is 13.0 Å². The van der Waals surface area contributed by atoms with Gasteiger partial charge in [-0.3, -0.25) is 0 Å². The number of rotatable bonds is 3. The van der Waals surface area contributed by atoms with Gasteiger partial charge in [-0.05, 0) is 30.5 Å². The summed E-state index contributed by atoms with van der Waals surface area (Å²) < 4.78 is 4.70. The maximum absolute atomic E-state index is 10.4. The molecule has 0 unspecified atom stereocenters. The molecule has 0 saturated carbocycles. The van der Waals surface area contributed by atoms with Gasteiger partial charge in [0.2, 0.25) is 0 Å². The van der Waals surface area contributed by atoms with E-state index in [0.29, 0.717) is 5.75 Å². The van der Waals surface area contributed by atoms with E-state index < -0.39 is 6.16 Å². The summed E-state index contributed by atoms with van der Waals surface area (Å²) in [6, 6.07) is 5.44. The summed E-state index contributed by atoms with van der Waals surface area (Å²) in [5.74, 6) is 0.458. The second kappa shape index (κ2) is 4.65. The first-order chi connectivity index (χ1) is 6.65. The van der Waals surface area contributed by atoms with Crippen molar-refractivity contribution < 1.29 is 14.6 Å². The molecule has 1 N–H and O–H groups in total. The van der Waals surface area contributed by atoms with E-state index in [-0.39, 0.29) is 0 Å². The minimum atomic E-state index is -1.26. The van der Waals surface area contributed by atoms with Gasteiger partial charge >= 0.3 is 6.16 Å². The molecule has 0 radical (unpaired) electrons. The van der Waals surface area contributed by atoms with Crippen molar-refractivity contribution in [3.05, 3.63) is 29.3 Å². The molecule has 14 heavy (non-hydrogen) atoms. The first-order valence-electron chi connectivity index (χ1n) is 4.64. The first-order valence-corrected chi connectivity index (χ1v) is 4.64. The Balaban J connectivity index is 3.01. The van der Waals surface area contributed by atoms with Crippen molar-refractivity contribution >= 4 is 6.16 Å². The molecule has 0 aliphatic rings. The Morgan fingerprint density at radius 2 is 2.21 bits per heavy atom. The Bertz CT molecular complexity index is 331. The summed E-state index contributed by atoms with van der Waals surface area (Å²) in [6.07, 6.45) is 0.559. The molecule has 3 heteroatoms. The van der Waals surface area contributed by atoms with E-state index in [9.17, 15) is 4.79 Å². The Morgan fingerprint density at radius 1 is 1.50 bits per heavy atom. The quantitative estimate of drug-likeness (QED) is 0.594. The van der Waals surface area contributed by atoms with Crippen molar-refractivity contribution in [2.75, 3.05) is 0 Å². The molecule has 0 spiro atoms. The number of hydrogen-bond acceptors (Lipinski definition) is 2. The van der Waals surface area contributed by atoms with Gasteiger partial charge < -0.3 is 9.84 Å². The third-order valence-corrected chi connectivity index (χ3v) is 2.06. The molecule has 0 bridgehead atoms. The van der Waals surface area contributed by atoms with E-state index in [1.54, 1.807) is 12.1 Å². The highest BCUT2D eigenvalue weighted by atomic mass is 16.7. The molecule has 1 rings (SSSR count). The molecule has 0 saturated heterocycles. The van der Waals surface area contributed by atoms with E-state index in [2.05, 4.69) is 6.92 Å². The lowest BCUT2D eigenvalue weighted by Gasteiger charge is -2.09. The molecule has 3 nitrogen and oxygen atoms in total. The lowest BCUT2D eigenvalue weighted by atomic mass is 10.0.